The summed E-state index contributed by atoms with van der Waals surface area (Å²) < 4.78 is 0. The van der Waals surface area contributed by atoms with E-state index in [0.717, 1.165) is 18.8 Å². The van der Waals surface area contributed by atoms with Crippen LogP contribution in [0.25, 0.3) is 0 Å². The van der Waals surface area contributed by atoms with E-state index in [4.69, 9.17) is 10.9 Å². The van der Waals surface area contributed by atoms with E-state index in [-0.39, 0.29) is 5.41 Å². The summed E-state index contributed by atoms with van der Waals surface area (Å²) >= 11 is 0. The number of unbranched alkanes of at least 4 members (excludes halogenated alkanes) is 1. The first kappa shape index (κ1) is 16.3. The largest absolute Gasteiger partial charge is 0.409 e. The van der Waals surface area contributed by atoms with Crippen molar-refractivity contribution in [3.05, 3.63) is 0 Å². The summed E-state index contributed by atoms with van der Waals surface area (Å²) in [4.78, 5) is 2.61. The van der Waals surface area contributed by atoms with Gasteiger partial charge in [0.25, 0.3) is 0 Å². The van der Waals surface area contributed by atoms with Gasteiger partial charge in [0.05, 0.1) is 0 Å². The van der Waals surface area contributed by atoms with Crippen LogP contribution in [-0.2, 0) is 0 Å². The first-order valence-corrected chi connectivity index (χ1v) is 7.70. The topological polar surface area (TPSA) is 61.8 Å². The molecular formula is C15H31N3O. The fourth-order valence-corrected chi connectivity index (χ4v) is 2.85. The molecule has 4 nitrogen and oxygen atoms in total. The van der Waals surface area contributed by atoms with Crippen molar-refractivity contribution in [1.82, 2.24) is 4.90 Å². The minimum Gasteiger partial charge on any atom is -0.409 e. The van der Waals surface area contributed by atoms with Crippen LogP contribution in [0.2, 0.25) is 0 Å². The summed E-state index contributed by atoms with van der Waals surface area (Å²) in [5.41, 5.74) is 5.51. The third-order valence-corrected chi connectivity index (χ3v) is 4.51. The molecule has 1 atom stereocenters. The molecule has 0 aromatic rings. The van der Waals surface area contributed by atoms with Gasteiger partial charge in [-0.05, 0) is 44.7 Å². The van der Waals surface area contributed by atoms with E-state index in [9.17, 15) is 0 Å². The smallest absolute Gasteiger partial charge is 0.144 e. The Labute approximate surface area is 118 Å². The lowest BCUT2D eigenvalue weighted by atomic mass is 9.86. The molecule has 0 aromatic heterocycles. The summed E-state index contributed by atoms with van der Waals surface area (Å²) in [5, 5.41) is 11.9. The number of piperidine rings is 1. The van der Waals surface area contributed by atoms with Crippen LogP contribution in [0, 0.1) is 11.3 Å². The number of amidine groups is 1. The Balaban J connectivity index is 2.20. The molecule has 4 heteroatoms. The van der Waals surface area contributed by atoms with Gasteiger partial charge in [-0.25, -0.2) is 0 Å². The van der Waals surface area contributed by atoms with Gasteiger partial charge in [-0.3, -0.25) is 0 Å². The normalized spacial score (nSPS) is 22.7. The van der Waals surface area contributed by atoms with Crippen LogP contribution in [-0.4, -0.2) is 35.6 Å². The molecule has 0 amide bonds. The zero-order valence-electron chi connectivity index (χ0n) is 12.9. The van der Waals surface area contributed by atoms with Crippen molar-refractivity contribution in [2.24, 2.45) is 22.2 Å². The number of nitrogens with zero attached hydrogens (tertiary/aromatic N) is 2. The molecule has 1 aliphatic heterocycles. The van der Waals surface area contributed by atoms with Crippen molar-refractivity contribution in [2.75, 3.05) is 19.6 Å². The molecule has 0 radical (unpaired) electrons. The number of nitrogens with two attached hydrogens (primary N) is 1. The zero-order chi connectivity index (χ0) is 14.3. The van der Waals surface area contributed by atoms with Gasteiger partial charge in [0, 0.05) is 12.0 Å². The van der Waals surface area contributed by atoms with E-state index in [1.165, 1.54) is 45.3 Å². The fourth-order valence-electron chi connectivity index (χ4n) is 2.85. The third-order valence-electron chi connectivity index (χ3n) is 4.51. The molecular weight excluding hydrogens is 238 g/mol. The summed E-state index contributed by atoms with van der Waals surface area (Å²) in [6.07, 6.45) is 7.40. The van der Waals surface area contributed by atoms with E-state index in [1.807, 2.05) is 13.8 Å². The van der Waals surface area contributed by atoms with Crippen LogP contribution in [0.3, 0.4) is 0 Å². The molecule has 0 aliphatic carbocycles. The Kier molecular flexibility index (Phi) is 6.63. The van der Waals surface area contributed by atoms with Gasteiger partial charge in [0.2, 0.25) is 0 Å². The van der Waals surface area contributed by atoms with Crippen LogP contribution < -0.4 is 5.73 Å². The van der Waals surface area contributed by atoms with Gasteiger partial charge in [0.1, 0.15) is 5.84 Å². The average molecular weight is 269 g/mol. The molecule has 0 bridgehead atoms. The maximum absolute atomic E-state index is 8.74. The van der Waals surface area contributed by atoms with Crippen LogP contribution >= 0.6 is 0 Å². The highest BCUT2D eigenvalue weighted by Crippen LogP contribution is 2.24. The summed E-state index contributed by atoms with van der Waals surface area (Å²) in [6.45, 7) is 10.1. The Bertz CT molecular complexity index is 289. The highest BCUT2D eigenvalue weighted by atomic mass is 16.4. The second-order valence-electron chi connectivity index (χ2n) is 6.54. The maximum atomic E-state index is 8.74. The number of likely N-dealkylation sites (tertiary alicyclic amines) is 1. The molecule has 1 fully saturated rings. The maximum Gasteiger partial charge on any atom is 0.144 e. The Hall–Kier alpha value is -0.770. The molecule has 0 aromatic carbocycles. The second-order valence-corrected chi connectivity index (χ2v) is 6.54. The van der Waals surface area contributed by atoms with Crippen molar-refractivity contribution in [3.8, 4) is 0 Å². The van der Waals surface area contributed by atoms with Crippen molar-refractivity contribution in [2.45, 2.75) is 59.3 Å². The Morgan fingerprint density at radius 2 is 2.16 bits per heavy atom. The predicted molar refractivity (Wildman–Crippen MR) is 80.5 cm³/mol. The van der Waals surface area contributed by atoms with Crippen LogP contribution in [0.1, 0.15) is 59.3 Å². The number of oxime groups is 1. The first-order valence-electron chi connectivity index (χ1n) is 7.70. The molecule has 1 unspecified atom stereocenters. The average Bonchev–Trinajstić information content (AvgIpc) is 2.43. The third kappa shape index (κ3) is 5.39. The highest BCUT2D eigenvalue weighted by Gasteiger charge is 2.23. The molecule has 1 saturated heterocycles. The molecule has 1 heterocycles. The standard InChI is InChI=1S/C15H31N3O/c1-4-13-8-7-11-18(12-13)10-6-5-9-15(2,3)14(16)17-19/h13,19H,4-12H2,1-3H3,(H2,16,17). The van der Waals surface area contributed by atoms with Crippen molar-refractivity contribution >= 4 is 5.84 Å². The zero-order valence-corrected chi connectivity index (χ0v) is 12.9. The summed E-state index contributed by atoms with van der Waals surface area (Å²) in [7, 11) is 0. The van der Waals surface area contributed by atoms with E-state index in [2.05, 4.69) is 17.0 Å². The van der Waals surface area contributed by atoms with E-state index in [0.29, 0.717) is 5.84 Å². The minimum absolute atomic E-state index is 0.192. The molecule has 19 heavy (non-hydrogen) atoms. The molecule has 0 saturated carbocycles. The fraction of sp³-hybridized carbons (Fsp3) is 0.933. The lowest BCUT2D eigenvalue weighted by Crippen LogP contribution is -2.36. The summed E-state index contributed by atoms with van der Waals surface area (Å²) in [5.74, 6) is 1.25. The van der Waals surface area contributed by atoms with Crippen LogP contribution in [0.4, 0.5) is 0 Å². The Morgan fingerprint density at radius 3 is 2.79 bits per heavy atom. The molecule has 1 aliphatic rings. The summed E-state index contributed by atoms with van der Waals surface area (Å²) in [6, 6.07) is 0. The van der Waals surface area contributed by atoms with Crippen molar-refractivity contribution in [1.29, 1.82) is 0 Å². The molecule has 1 rings (SSSR count). The first-order chi connectivity index (χ1) is 8.99. The van der Waals surface area contributed by atoms with Gasteiger partial charge in [0.15, 0.2) is 0 Å². The number of hydrogen-bond donors (Lipinski definition) is 2. The molecule has 112 valence electrons. The van der Waals surface area contributed by atoms with Gasteiger partial charge >= 0.3 is 0 Å². The Morgan fingerprint density at radius 1 is 1.42 bits per heavy atom. The highest BCUT2D eigenvalue weighted by molar-refractivity contribution is 5.85. The second kappa shape index (κ2) is 7.73. The van der Waals surface area contributed by atoms with E-state index >= 15 is 0 Å². The quantitative estimate of drug-likeness (QED) is 0.245. The minimum atomic E-state index is -0.192. The van der Waals surface area contributed by atoms with Crippen molar-refractivity contribution in [3.63, 3.8) is 0 Å². The van der Waals surface area contributed by atoms with E-state index in [1.54, 1.807) is 0 Å². The number of hydrogen-bond acceptors (Lipinski definition) is 3. The predicted octanol–water partition coefficient (Wildman–Crippen LogP) is 3.05. The van der Waals surface area contributed by atoms with E-state index < -0.39 is 0 Å². The monoisotopic (exact) mass is 269 g/mol. The van der Waals surface area contributed by atoms with Gasteiger partial charge in [-0.1, -0.05) is 38.8 Å². The molecule has 3 N–H and O–H groups in total. The van der Waals surface area contributed by atoms with Crippen LogP contribution in [0.15, 0.2) is 5.16 Å². The number of rotatable bonds is 7. The lowest BCUT2D eigenvalue weighted by Gasteiger charge is -2.32. The van der Waals surface area contributed by atoms with Gasteiger partial charge in [-0.2, -0.15) is 0 Å². The van der Waals surface area contributed by atoms with Gasteiger partial charge < -0.3 is 15.8 Å². The lowest BCUT2D eigenvalue weighted by molar-refractivity contribution is 0.167. The van der Waals surface area contributed by atoms with Crippen molar-refractivity contribution < 1.29 is 5.21 Å². The SMILES string of the molecule is CCC1CCCN(CCCCC(C)(C)C(N)=NO)C1. The van der Waals surface area contributed by atoms with Gasteiger partial charge in [-0.15, -0.1) is 0 Å². The van der Waals surface area contributed by atoms with Crippen LogP contribution in [0.5, 0.6) is 0 Å². The molecule has 0 spiro atoms.